The number of nitrogens with zero attached hydrogens (tertiary/aromatic N) is 2. The Bertz CT molecular complexity index is 629. The molecule has 3 unspecified atom stereocenters. The Balaban J connectivity index is 1.60. The second-order valence-corrected chi connectivity index (χ2v) is 8.43. The summed E-state index contributed by atoms with van der Waals surface area (Å²) in [6.45, 7) is 9.96. The predicted octanol–water partition coefficient (Wildman–Crippen LogP) is 3.35. The van der Waals surface area contributed by atoms with Crippen molar-refractivity contribution in [1.29, 1.82) is 0 Å². The van der Waals surface area contributed by atoms with Crippen LogP contribution in [0.25, 0.3) is 0 Å². The van der Waals surface area contributed by atoms with Crippen LogP contribution in [0.5, 0.6) is 0 Å². The highest BCUT2D eigenvalue weighted by molar-refractivity contribution is 5.68. The summed E-state index contributed by atoms with van der Waals surface area (Å²) in [5.41, 5.74) is 0.484. The van der Waals surface area contributed by atoms with Gasteiger partial charge in [0.25, 0.3) is 0 Å². The summed E-state index contributed by atoms with van der Waals surface area (Å²) in [5, 5.41) is 3.58. The van der Waals surface area contributed by atoms with Crippen molar-refractivity contribution >= 4 is 6.09 Å². The van der Waals surface area contributed by atoms with E-state index in [1.807, 2.05) is 25.7 Å². The van der Waals surface area contributed by atoms with Gasteiger partial charge < -0.3 is 15.0 Å². The Kier molecular flexibility index (Phi) is 4.75. The van der Waals surface area contributed by atoms with E-state index in [-0.39, 0.29) is 17.3 Å². The molecule has 1 aliphatic carbocycles. The Labute approximate surface area is 148 Å². The number of halogens is 1. The lowest BCUT2D eigenvalue weighted by Crippen LogP contribution is -2.53. The normalized spacial score (nSPS) is 28.9. The molecule has 1 saturated heterocycles. The minimum Gasteiger partial charge on any atom is -0.444 e. The first-order chi connectivity index (χ1) is 11.7. The van der Waals surface area contributed by atoms with Crippen molar-refractivity contribution in [1.82, 2.24) is 15.2 Å². The second-order valence-electron chi connectivity index (χ2n) is 8.43. The average Bonchev–Trinajstić information content (AvgIpc) is 3.15. The topological polar surface area (TPSA) is 54.5 Å². The van der Waals surface area contributed by atoms with Gasteiger partial charge in [-0.25, -0.2) is 9.18 Å². The van der Waals surface area contributed by atoms with Crippen molar-refractivity contribution in [2.75, 3.05) is 13.1 Å². The van der Waals surface area contributed by atoms with E-state index >= 15 is 0 Å². The van der Waals surface area contributed by atoms with Crippen molar-refractivity contribution < 1.29 is 13.9 Å². The monoisotopic (exact) mass is 349 g/mol. The fourth-order valence-corrected chi connectivity index (χ4v) is 3.86. The molecule has 25 heavy (non-hydrogen) atoms. The maximum Gasteiger partial charge on any atom is 0.410 e. The van der Waals surface area contributed by atoms with E-state index < -0.39 is 5.60 Å². The van der Waals surface area contributed by atoms with Crippen LogP contribution < -0.4 is 5.32 Å². The van der Waals surface area contributed by atoms with Gasteiger partial charge >= 0.3 is 6.09 Å². The molecule has 1 aliphatic heterocycles. The third-order valence-electron chi connectivity index (χ3n) is 5.34. The van der Waals surface area contributed by atoms with Gasteiger partial charge in [-0.3, -0.25) is 4.98 Å². The van der Waals surface area contributed by atoms with Crippen molar-refractivity contribution in [2.24, 2.45) is 11.3 Å². The van der Waals surface area contributed by atoms with E-state index in [0.717, 1.165) is 25.1 Å². The van der Waals surface area contributed by atoms with Crippen LogP contribution in [0.15, 0.2) is 18.3 Å². The molecule has 1 saturated carbocycles. The number of ether oxygens (including phenoxy) is 1. The van der Waals surface area contributed by atoms with Gasteiger partial charge in [0.05, 0.1) is 11.9 Å². The number of hydrogen-bond donors (Lipinski definition) is 1. The summed E-state index contributed by atoms with van der Waals surface area (Å²) in [4.78, 5) is 18.4. The highest BCUT2D eigenvalue weighted by atomic mass is 19.1. The number of likely N-dealkylation sites (tertiary alicyclic amines) is 1. The Hall–Kier alpha value is -1.69. The van der Waals surface area contributed by atoms with Gasteiger partial charge in [0.15, 0.2) is 0 Å². The van der Waals surface area contributed by atoms with Crippen LogP contribution in [0.2, 0.25) is 0 Å². The summed E-state index contributed by atoms with van der Waals surface area (Å²) in [6, 6.07) is 3.49. The Morgan fingerprint density at radius 1 is 1.48 bits per heavy atom. The molecule has 3 rings (SSSR count). The molecule has 1 N–H and O–H groups in total. The molecule has 138 valence electrons. The van der Waals surface area contributed by atoms with E-state index in [9.17, 15) is 9.18 Å². The van der Waals surface area contributed by atoms with Gasteiger partial charge in [-0.1, -0.05) is 6.92 Å². The molecule has 5 nitrogen and oxygen atoms in total. The predicted molar refractivity (Wildman–Crippen MR) is 93.5 cm³/mol. The zero-order valence-corrected chi connectivity index (χ0v) is 15.5. The largest absolute Gasteiger partial charge is 0.444 e. The van der Waals surface area contributed by atoms with Crippen LogP contribution in [-0.4, -0.2) is 40.7 Å². The highest BCUT2D eigenvalue weighted by Gasteiger charge is 2.59. The summed E-state index contributed by atoms with van der Waals surface area (Å²) < 4.78 is 18.5. The molecule has 2 fully saturated rings. The minimum atomic E-state index is -0.469. The summed E-state index contributed by atoms with van der Waals surface area (Å²) in [7, 11) is 0. The van der Waals surface area contributed by atoms with Gasteiger partial charge in [0.1, 0.15) is 11.4 Å². The molecule has 1 aromatic rings. The van der Waals surface area contributed by atoms with Crippen LogP contribution in [0.3, 0.4) is 0 Å². The maximum atomic E-state index is 13.0. The zero-order valence-electron chi connectivity index (χ0n) is 15.5. The summed E-state index contributed by atoms with van der Waals surface area (Å²) >= 11 is 0. The number of rotatable bonds is 3. The summed E-state index contributed by atoms with van der Waals surface area (Å²) in [6.07, 6.45) is 3.04. The zero-order chi connectivity index (χ0) is 18.2. The van der Waals surface area contributed by atoms with Crippen LogP contribution >= 0.6 is 0 Å². The number of piperidine rings is 1. The lowest BCUT2D eigenvalue weighted by molar-refractivity contribution is 0.00915. The maximum absolute atomic E-state index is 13.0. The van der Waals surface area contributed by atoms with Crippen molar-refractivity contribution in [3.63, 3.8) is 0 Å². The van der Waals surface area contributed by atoms with Crippen molar-refractivity contribution in [3.05, 3.63) is 29.8 Å². The van der Waals surface area contributed by atoms with E-state index in [4.69, 9.17) is 4.74 Å². The quantitative estimate of drug-likeness (QED) is 0.909. The van der Waals surface area contributed by atoms with Crippen LogP contribution in [0, 0.1) is 17.2 Å². The third-order valence-corrected chi connectivity index (χ3v) is 5.34. The third kappa shape index (κ3) is 4.11. The first kappa shape index (κ1) is 18.1. The van der Waals surface area contributed by atoms with Gasteiger partial charge in [0.2, 0.25) is 0 Å². The second kappa shape index (κ2) is 6.56. The molecule has 0 aromatic carbocycles. The average molecular weight is 349 g/mol. The van der Waals surface area contributed by atoms with E-state index in [0.29, 0.717) is 25.0 Å². The molecule has 2 heterocycles. The first-order valence-electron chi connectivity index (χ1n) is 9.01. The molecule has 0 bridgehead atoms. The van der Waals surface area contributed by atoms with Gasteiger partial charge in [-0.05, 0) is 51.7 Å². The highest BCUT2D eigenvalue weighted by Crippen LogP contribution is 2.57. The number of pyridine rings is 1. The first-order valence-corrected chi connectivity index (χ1v) is 9.01. The van der Waals surface area contributed by atoms with Crippen LogP contribution in [-0.2, 0) is 11.3 Å². The van der Waals surface area contributed by atoms with Gasteiger partial charge in [0, 0.05) is 31.1 Å². The smallest absolute Gasteiger partial charge is 0.410 e. The van der Waals surface area contributed by atoms with E-state index in [2.05, 4.69) is 17.2 Å². The number of carbonyl (C=O) groups is 1. The number of amides is 1. The molecule has 1 spiro atoms. The molecule has 2 aliphatic rings. The molecular formula is C19H28FN3O2. The molecule has 6 heteroatoms. The fraction of sp³-hybridized carbons (Fsp3) is 0.684. The number of nitrogens with one attached hydrogen (secondary N) is 1. The number of hydrogen-bond acceptors (Lipinski definition) is 4. The fourth-order valence-electron chi connectivity index (χ4n) is 3.86. The minimum absolute atomic E-state index is 0.120. The van der Waals surface area contributed by atoms with Gasteiger partial charge in [-0.15, -0.1) is 0 Å². The summed E-state index contributed by atoms with van der Waals surface area (Å²) in [5.74, 6) is 0.262. The van der Waals surface area contributed by atoms with Crippen LogP contribution in [0.4, 0.5) is 9.18 Å². The lowest BCUT2D eigenvalue weighted by atomic mass is 9.87. The molecule has 1 amide bonds. The van der Waals surface area contributed by atoms with E-state index in [1.54, 1.807) is 6.07 Å². The van der Waals surface area contributed by atoms with Crippen LogP contribution in [0.1, 0.15) is 46.2 Å². The van der Waals surface area contributed by atoms with Crippen molar-refractivity contribution in [2.45, 2.75) is 58.7 Å². The van der Waals surface area contributed by atoms with Gasteiger partial charge in [-0.2, -0.15) is 0 Å². The number of aromatic nitrogens is 1. The molecule has 1 aromatic heterocycles. The van der Waals surface area contributed by atoms with E-state index in [1.165, 1.54) is 12.3 Å². The molecular weight excluding hydrogens is 321 g/mol. The Morgan fingerprint density at radius 2 is 2.20 bits per heavy atom. The number of carbonyl (C=O) groups excluding carboxylic acids is 1. The SMILES string of the molecule is CC1CC12CN(C(=O)OC(C)(C)C)CCC2NCc1ccc(F)cn1. The lowest BCUT2D eigenvalue weighted by Gasteiger charge is -2.40. The standard InChI is InChI=1S/C19H28FN3O2/c1-13-9-19(13)12-23(17(24)25-18(2,3)4)8-7-16(19)22-11-15-6-5-14(20)10-21-15/h5-6,10,13,16,22H,7-9,11-12H2,1-4H3. The Morgan fingerprint density at radius 3 is 2.76 bits per heavy atom. The molecule has 0 radical (unpaired) electrons. The van der Waals surface area contributed by atoms with Crippen molar-refractivity contribution in [3.8, 4) is 0 Å². The molecule has 3 atom stereocenters.